The van der Waals surface area contributed by atoms with Crippen LogP contribution in [0.3, 0.4) is 0 Å². The van der Waals surface area contributed by atoms with E-state index in [-0.39, 0.29) is 0 Å². The van der Waals surface area contributed by atoms with E-state index in [1.807, 2.05) is 0 Å². The Morgan fingerprint density at radius 3 is 1.60 bits per heavy atom. The minimum absolute atomic E-state index is 1.15. The first kappa shape index (κ1) is 30.1. The van der Waals surface area contributed by atoms with E-state index < -0.39 is 0 Å². The predicted octanol–water partition coefficient (Wildman–Crippen LogP) is 13.8. The highest BCUT2D eigenvalue weighted by molar-refractivity contribution is 6.18. The van der Waals surface area contributed by atoms with Crippen LogP contribution in [0.4, 0.5) is 0 Å². The third-order valence-electron chi connectivity index (χ3n) is 11.6. The molecule has 3 aromatic heterocycles. The van der Waals surface area contributed by atoms with E-state index in [4.69, 9.17) is 0 Å². The molecule has 256 valence electrons. The Balaban J connectivity index is 1.08. The Morgan fingerprint density at radius 2 is 0.800 bits per heavy atom. The number of fused-ring (bicyclic) bond motifs is 10. The highest BCUT2D eigenvalue weighted by atomic mass is 15.0. The van der Waals surface area contributed by atoms with Crippen molar-refractivity contribution in [1.29, 1.82) is 0 Å². The summed E-state index contributed by atoms with van der Waals surface area (Å²) in [5.74, 6) is 0. The molecule has 0 atom stereocenters. The molecule has 0 radical (unpaired) electrons. The molecular formula is C52H33N3. The largest absolute Gasteiger partial charge is 0.309 e. The van der Waals surface area contributed by atoms with Crippen LogP contribution >= 0.6 is 0 Å². The zero-order valence-corrected chi connectivity index (χ0v) is 29.9. The number of nitrogens with zero attached hydrogens (tertiary/aromatic N) is 3. The van der Waals surface area contributed by atoms with Crippen molar-refractivity contribution >= 4 is 76.2 Å². The summed E-state index contributed by atoms with van der Waals surface area (Å²) in [4.78, 5) is 0. The average molecular weight is 700 g/mol. The molecule has 0 N–H and O–H groups in total. The normalized spacial score (nSPS) is 12.0. The molecular weight excluding hydrogens is 667 g/mol. The van der Waals surface area contributed by atoms with Crippen molar-refractivity contribution < 1.29 is 0 Å². The molecule has 0 saturated carbocycles. The standard InChI is InChI=1S/C52H33N3/c1-2-15-37(16-3-1)53-46-21-9-6-17-41(46)43-29-28-39(33-51(43)53)54-47-22-10-7-18-42(47)45-32-36(26-30-49(45)54)40-20-12-24-50-52(40)44-19-8-11-23-48(44)55(50)38-27-25-34-13-4-5-14-35(34)31-38/h1-33H. The van der Waals surface area contributed by atoms with E-state index >= 15 is 0 Å². The fraction of sp³-hybridized carbons (Fsp3) is 0. The topological polar surface area (TPSA) is 14.8 Å². The van der Waals surface area contributed by atoms with Gasteiger partial charge in [-0.05, 0) is 94.7 Å². The SMILES string of the molecule is c1ccc(-n2c3ccccc3c3ccc(-n4c5ccccc5c5cc(-c6cccc7c6c6ccccc6n7-c6ccc7ccccc7c6)ccc54)cc32)cc1. The molecule has 12 aromatic rings. The Hall–Kier alpha value is -7.36. The smallest absolute Gasteiger partial charge is 0.0561 e. The summed E-state index contributed by atoms with van der Waals surface area (Å²) in [5, 5.41) is 10.0. The maximum atomic E-state index is 2.44. The summed E-state index contributed by atoms with van der Waals surface area (Å²) < 4.78 is 7.26. The monoisotopic (exact) mass is 699 g/mol. The van der Waals surface area contributed by atoms with Gasteiger partial charge in [-0.25, -0.2) is 0 Å². The van der Waals surface area contributed by atoms with E-state index in [0.29, 0.717) is 0 Å². The summed E-state index contributed by atoms with van der Waals surface area (Å²) in [6.45, 7) is 0. The van der Waals surface area contributed by atoms with Gasteiger partial charge in [0.2, 0.25) is 0 Å². The third kappa shape index (κ3) is 4.38. The van der Waals surface area contributed by atoms with Gasteiger partial charge in [0.15, 0.2) is 0 Å². The van der Waals surface area contributed by atoms with Crippen molar-refractivity contribution in [2.24, 2.45) is 0 Å². The van der Waals surface area contributed by atoms with Crippen LogP contribution in [0.1, 0.15) is 0 Å². The summed E-state index contributed by atoms with van der Waals surface area (Å²) >= 11 is 0. The van der Waals surface area contributed by atoms with Crippen LogP contribution in [0, 0.1) is 0 Å². The second-order valence-corrected chi connectivity index (χ2v) is 14.6. The number of hydrogen-bond acceptors (Lipinski definition) is 0. The van der Waals surface area contributed by atoms with Crippen molar-refractivity contribution in [2.45, 2.75) is 0 Å². The minimum atomic E-state index is 1.15. The number of aromatic nitrogens is 3. The number of para-hydroxylation sites is 4. The highest BCUT2D eigenvalue weighted by Crippen LogP contribution is 2.42. The average Bonchev–Trinajstić information content (AvgIpc) is 3.89. The molecule has 3 heterocycles. The molecule has 3 heteroatoms. The minimum Gasteiger partial charge on any atom is -0.309 e. The lowest BCUT2D eigenvalue weighted by Crippen LogP contribution is -1.96. The molecule has 55 heavy (non-hydrogen) atoms. The zero-order valence-electron chi connectivity index (χ0n) is 29.9. The lowest BCUT2D eigenvalue weighted by molar-refractivity contribution is 1.15. The van der Waals surface area contributed by atoms with Gasteiger partial charge in [0.05, 0.1) is 33.1 Å². The lowest BCUT2D eigenvalue weighted by atomic mass is 9.98. The summed E-state index contributed by atoms with van der Waals surface area (Å²) in [6.07, 6.45) is 0. The molecule has 0 aliphatic carbocycles. The van der Waals surface area contributed by atoms with Crippen LogP contribution in [0.2, 0.25) is 0 Å². The van der Waals surface area contributed by atoms with Crippen LogP contribution in [0.15, 0.2) is 200 Å². The molecule has 0 amide bonds. The van der Waals surface area contributed by atoms with E-state index in [1.54, 1.807) is 0 Å². The molecule has 0 fully saturated rings. The first-order chi connectivity index (χ1) is 27.3. The maximum Gasteiger partial charge on any atom is 0.0561 e. The van der Waals surface area contributed by atoms with Gasteiger partial charge in [-0.1, -0.05) is 127 Å². The highest BCUT2D eigenvalue weighted by Gasteiger charge is 2.20. The van der Waals surface area contributed by atoms with Crippen molar-refractivity contribution in [3.05, 3.63) is 200 Å². The molecule has 0 spiro atoms. The van der Waals surface area contributed by atoms with Crippen molar-refractivity contribution in [3.8, 4) is 28.2 Å². The van der Waals surface area contributed by atoms with Crippen LogP contribution in [-0.4, -0.2) is 13.7 Å². The van der Waals surface area contributed by atoms with E-state index in [1.165, 1.54) is 93.0 Å². The second-order valence-electron chi connectivity index (χ2n) is 14.6. The Morgan fingerprint density at radius 1 is 0.255 bits per heavy atom. The Bertz CT molecular complexity index is 3490. The number of rotatable bonds is 4. The molecule has 3 nitrogen and oxygen atoms in total. The second kappa shape index (κ2) is 11.6. The first-order valence-corrected chi connectivity index (χ1v) is 18.9. The molecule has 0 aliphatic rings. The molecule has 0 bridgehead atoms. The summed E-state index contributed by atoms with van der Waals surface area (Å²) in [5.41, 5.74) is 13.1. The lowest BCUT2D eigenvalue weighted by Gasteiger charge is -2.12. The van der Waals surface area contributed by atoms with Crippen molar-refractivity contribution in [1.82, 2.24) is 13.7 Å². The number of hydrogen-bond donors (Lipinski definition) is 0. The summed E-state index contributed by atoms with van der Waals surface area (Å²) in [6, 6.07) is 73.3. The van der Waals surface area contributed by atoms with Gasteiger partial charge >= 0.3 is 0 Å². The van der Waals surface area contributed by atoms with Gasteiger partial charge in [-0.15, -0.1) is 0 Å². The molecule has 9 aromatic carbocycles. The van der Waals surface area contributed by atoms with Crippen LogP contribution in [0.5, 0.6) is 0 Å². The Kier molecular flexibility index (Phi) is 6.34. The quantitative estimate of drug-likeness (QED) is 0.174. The van der Waals surface area contributed by atoms with Crippen molar-refractivity contribution in [3.63, 3.8) is 0 Å². The predicted molar refractivity (Wildman–Crippen MR) is 232 cm³/mol. The summed E-state index contributed by atoms with van der Waals surface area (Å²) in [7, 11) is 0. The van der Waals surface area contributed by atoms with Gasteiger partial charge < -0.3 is 13.7 Å². The van der Waals surface area contributed by atoms with Gasteiger partial charge in [0.1, 0.15) is 0 Å². The van der Waals surface area contributed by atoms with Crippen LogP contribution < -0.4 is 0 Å². The van der Waals surface area contributed by atoms with Gasteiger partial charge in [-0.3, -0.25) is 0 Å². The van der Waals surface area contributed by atoms with Gasteiger partial charge in [0, 0.05) is 49.4 Å². The fourth-order valence-corrected chi connectivity index (χ4v) is 9.23. The van der Waals surface area contributed by atoms with Crippen LogP contribution in [-0.2, 0) is 0 Å². The van der Waals surface area contributed by atoms with Gasteiger partial charge in [0.25, 0.3) is 0 Å². The van der Waals surface area contributed by atoms with Crippen LogP contribution in [0.25, 0.3) is 104 Å². The van der Waals surface area contributed by atoms with Crippen molar-refractivity contribution in [2.75, 3.05) is 0 Å². The molecule has 12 rings (SSSR count). The van der Waals surface area contributed by atoms with E-state index in [9.17, 15) is 0 Å². The maximum absolute atomic E-state index is 2.44. The van der Waals surface area contributed by atoms with E-state index in [2.05, 4.69) is 214 Å². The molecule has 0 saturated heterocycles. The Labute approximate surface area is 317 Å². The molecule has 0 aliphatic heterocycles. The third-order valence-corrected chi connectivity index (χ3v) is 11.6. The molecule has 0 unspecified atom stereocenters. The van der Waals surface area contributed by atoms with Gasteiger partial charge in [-0.2, -0.15) is 0 Å². The first-order valence-electron chi connectivity index (χ1n) is 18.9. The fourth-order valence-electron chi connectivity index (χ4n) is 9.23. The van der Waals surface area contributed by atoms with E-state index in [0.717, 1.165) is 11.4 Å². The zero-order chi connectivity index (χ0) is 36.0. The number of benzene rings is 9.